The number of aliphatic carboxylic acids is 1. The van der Waals surface area contributed by atoms with Crippen LogP contribution < -0.4 is 21.7 Å². The minimum Gasteiger partial charge on any atom is -0.480 e. The average Bonchev–Trinajstić information content (AvgIpc) is 2.60. The third-order valence-corrected chi connectivity index (χ3v) is 4.69. The Bertz CT molecular complexity index is 571. The first-order chi connectivity index (χ1) is 13.4. The van der Waals surface area contributed by atoms with Crippen molar-refractivity contribution in [2.45, 2.75) is 70.8 Å². The standard InChI is InChI=1S/C18H34N4O6S/c1-9(2)8-13(21-15(24)10(3)19)17(26)20-12(6-7-29-5)16(25)22-14(11(4)23)18(27)28/h9-14,23H,6-8,19H2,1-5H3,(H,20,26)(H,21,24)(H,22,25)(H,27,28). The number of carboxylic acids is 1. The van der Waals surface area contributed by atoms with Crippen LogP contribution in [0, 0.1) is 5.92 Å². The molecule has 10 nitrogen and oxygen atoms in total. The molecule has 0 heterocycles. The predicted octanol–water partition coefficient (Wildman–Crippen LogP) is -0.947. The Labute approximate surface area is 175 Å². The molecule has 0 radical (unpaired) electrons. The number of nitrogens with one attached hydrogen (secondary N) is 3. The van der Waals surface area contributed by atoms with Crippen molar-refractivity contribution < 1.29 is 29.4 Å². The van der Waals surface area contributed by atoms with Gasteiger partial charge in [0.25, 0.3) is 0 Å². The van der Waals surface area contributed by atoms with E-state index in [2.05, 4.69) is 16.0 Å². The summed E-state index contributed by atoms with van der Waals surface area (Å²) in [5, 5.41) is 26.1. The van der Waals surface area contributed by atoms with E-state index >= 15 is 0 Å². The van der Waals surface area contributed by atoms with Gasteiger partial charge in [-0.15, -0.1) is 0 Å². The van der Waals surface area contributed by atoms with E-state index in [4.69, 9.17) is 10.8 Å². The summed E-state index contributed by atoms with van der Waals surface area (Å²) in [6, 6.07) is -4.20. The lowest BCUT2D eigenvalue weighted by molar-refractivity contribution is -0.145. The summed E-state index contributed by atoms with van der Waals surface area (Å²) >= 11 is 1.46. The van der Waals surface area contributed by atoms with Crippen molar-refractivity contribution in [2.24, 2.45) is 11.7 Å². The van der Waals surface area contributed by atoms with Gasteiger partial charge in [-0.25, -0.2) is 4.79 Å². The zero-order chi connectivity index (χ0) is 22.7. The molecule has 0 aromatic carbocycles. The van der Waals surface area contributed by atoms with Crippen LogP contribution in [0.15, 0.2) is 0 Å². The lowest BCUT2D eigenvalue weighted by Gasteiger charge is -2.26. The molecule has 0 aliphatic carbocycles. The first-order valence-electron chi connectivity index (χ1n) is 9.47. The number of aliphatic hydroxyl groups is 1. The summed E-state index contributed by atoms with van der Waals surface area (Å²) in [7, 11) is 0. The van der Waals surface area contributed by atoms with Gasteiger partial charge in [0, 0.05) is 0 Å². The average molecular weight is 435 g/mol. The molecule has 0 aliphatic rings. The fourth-order valence-electron chi connectivity index (χ4n) is 2.43. The van der Waals surface area contributed by atoms with Crippen molar-refractivity contribution in [3.63, 3.8) is 0 Å². The molecular weight excluding hydrogens is 400 g/mol. The number of carbonyl (C=O) groups excluding carboxylic acids is 3. The molecule has 29 heavy (non-hydrogen) atoms. The molecule has 0 rings (SSSR count). The molecule has 0 aromatic heterocycles. The van der Waals surface area contributed by atoms with Gasteiger partial charge in [0.2, 0.25) is 17.7 Å². The summed E-state index contributed by atoms with van der Waals surface area (Å²) in [5.74, 6) is -2.53. The van der Waals surface area contributed by atoms with Crippen LogP contribution >= 0.6 is 11.8 Å². The second-order valence-electron chi connectivity index (χ2n) is 7.39. The van der Waals surface area contributed by atoms with E-state index in [0.717, 1.165) is 0 Å². The highest BCUT2D eigenvalue weighted by Crippen LogP contribution is 2.08. The summed E-state index contributed by atoms with van der Waals surface area (Å²) in [5.41, 5.74) is 5.55. The zero-order valence-corrected chi connectivity index (χ0v) is 18.4. The van der Waals surface area contributed by atoms with Crippen molar-refractivity contribution >= 4 is 35.5 Å². The number of aliphatic hydroxyl groups excluding tert-OH is 1. The molecule has 5 unspecified atom stereocenters. The summed E-state index contributed by atoms with van der Waals surface area (Å²) in [6.45, 7) is 6.51. The topological polar surface area (TPSA) is 171 Å². The molecule has 0 aliphatic heterocycles. The highest BCUT2D eigenvalue weighted by atomic mass is 32.2. The number of hydrogen-bond donors (Lipinski definition) is 6. The van der Waals surface area contributed by atoms with Crippen molar-refractivity contribution in [1.82, 2.24) is 16.0 Å². The molecule has 3 amide bonds. The molecule has 0 bridgehead atoms. The van der Waals surface area contributed by atoms with Gasteiger partial charge in [-0.1, -0.05) is 13.8 Å². The number of carbonyl (C=O) groups is 4. The van der Waals surface area contributed by atoms with E-state index in [1.54, 1.807) is 0 Å². The minimum absolute atomic E-state index is 0.0873. The molecule has 168 valence electrons. The van der Waals surface area contributed by atoms with Crippen LogP contribution in [0.3, 0.4) is 0 Å². The Morgan fingerprint density at radius 3 is 1.86 bits per heavy atom. The first kappa shape index (κ1) is 27.1. The van der Waals surface area contributed by atoms with Crippen LogP contribution in [0.25, 0.3) is 0 Å². The molecule has 0 fully saturated rings. The van der Waals surface area contributed by atoms with Crippen LogP contribution in [0.2, 0.25) is 0 Å². The highest BCUT2D eigenvalue weighted by molar-refractivity contribution is 7.98. The molecule has 7 N–H and O–H groups in total. The van der Waals surface area contributed by atoms with Gasteiger partial charge in [-0.2, -0.15) is 11.8 Å². The maximum atomic E-state index is 12.7. The summed E-state index contributed by atoms with van der Waals surface area (Å²) in [4.78, 5) is 48.5. The molecule has 11 heteroatoms. The number of nitrogens with two attached hydrogens (primary N) is 1. The number of amides is 3. The van der Waals surface area contributed by atoms with E-state index < -0.39 is 54.0 Å². The summed E-state index contributed by atoms with van der Waals surface area (Å²) < 4.78 is 0. The van der Waals surface area contributed by atoms with Gasteiger partial charge in [0.1, 0.15) is 12.1 Å². The Morgan fingerprint density at radius 2 is 1.45 bits per heavy atom. The number of hydrogen-bond acceptors (Lipinski definition) is 7. The van der Waals surface area contributed by atoms with Crippen LogP contribution in [0.4, 0.5) is 0 Å². The fraction of sp³-hybridized carbons (Fsp3) is 0.778. The predicted molar refractivity (Wildman–Crippen MR) is 111 cm³/mol. The smallest absolute Gasteiger partial charge is 0.328 e. The van der Waals surface area contributed by atoms with Crippen LogP contribution in [-0.2, 0) is 19.2 Å². The van der Waals surface area contributed by atoms with Gasteiger partial charge >= 0.3 is 5.97 Å². The third kappa shape index (κ3) is 10.5. The maximum absolute atomic E-state index is 12.7. The number of thioether (sulfide) groups is 1. The fourth-order valence-corrected chi connectivity index (χ4v) is 2.90. The van der Waals surface area contributed by atoms with E-state index in [1.165, 1.54) is 25.6 Å². The molecule has 0 spiro atoms. The monoisotopic (exact) mass is 434 g/mol. The molecule has 0 saturated carbocycles. The van der Waals surface area contributed by atoms with Crippen LogP contribution in [-0.4, -0.2) is 76.2 Å². The van der Waals surface area contributed by atoms with E-state index in [0.29, 0.717) is 12.2 Å². The van der Waals surface area contributed by atoms with Crippen LogP contribution in [0.1, 0.15) is 40.5 Å². The lowest BCUT2D eigenvalue weighted by atomic mass is 10.0. The second-order valence-corrected chi connectivity index (χ2v) is 8.37. The SMILES string of the molecule is CSCCC(NC(=O)C(CC(C)C)NC(=O)C(C)N)C(=O)NC(C(=O)O)C(C)O. The zero-order valence-electron chi connectivity index (χ0n) is 17.6. The normalized spacial score (nSPS) is 16.3. The van der Waals surface area contributed by atoms with E-state index in [-0.39, 0.29) is 12.3 Å². The number of rotatable bonds is 13. The Balaban J connectivity index is 5.37. The second kappa shape index (κ2) is 13.4. The largest absolute Gasteiger partial charge is 0.480 e. The van der Waals surface area contributed by atoms with Crippen molar-refractivity contribution in [1.29, 1.82) is 0 Å². The Morgan fingerprint density at radius 1 is 0.931 bits per heavy atom. The van der Waals surface area contributed by atoms with Crippen molar-refractivity contribution in [2.75, 3.05) is 12.0 Å². The Hall–Kier alpha value is -1.85. The van der Waals surface area contributed by atoms with Crippen molar-refractivity contribution in [3.8, 4) is 0 Å². The van der Waals surface area contributed by atoms with Gasteiger partial charge < -0.3 is 31.9 Å². The molecule has 5 atom stereocenters. The van der Waals surface area contributed by atoms with Gasteiger partial charge in [-0.3, -0.25) is 14.4 Å². The molecule has 0 saturated heterocycles. The van der Waals surface area contributed by atoms with Gasteiger partial charge in [-0.05, 0) is 44.6 Å². The van der Waals surface area contributed by atoms with Crippen molar-refractivity contribution in [3.05, 3.63) is 0 Å². The van der Waals surface area contributed by atoms with Crippen LogP contribution in [0.5, 0.6) is 0 Å². The molecular formula is C18H34N4O6S. The molecule has 0 aromatic rings. The lowest BCUT2D eigenvalue weighted by Crippen LogP contribution is -2.58. The Kier molecular flexibility index (Phi) is 12.5. The van der Waals surface area contributed by atoms with E-state index in [1.807, 2.05) is 20.1 Å². The minimum atomic E-state index is -1.50. The quantitative estimate of drug-likeness (QED) is 0.215. The first-order valence-corrected chi connectivity index (χ1v) is 10.9. The van der Waals surface area contributed by atoms with Gasteiger partial charge in [0.15, 0.2) is 6.04 Å². The number of carboxylic acid groups (broad SMARTS) is 1. The van der Waals surface area contributed by atoms with Gasteiger partial charge in [0.05, 0.1) is 12.1 Å². The van der Waals surface area contributed by atoms with E-state index in [9.17, 15) is 24.3 Å². The highest BCUT2D eigenvalue weighted by Gasteiger charge is 2.31. The maximum Gasteiger partial charge on any atom is 0.328 e. The third-order valence-electron chi connectivity index (χ3n) is 4.04. The summed E-state index contributed by atoms with van der Waals surface area (Å²) in [6.07, 6.45) is 1.11.